The average Bonchev–Trinajstić information content (AvgIpc) is 2.32. The molecule has 2 N–H and O–H groups in total. The van der Waals surface area contributed by atoms with Crippen molar-refractivity contribution in [3.63, 3.8) is 0 Å². The summed E-state index contributed by atoms with van der Waals surface area (Å²) in [5.74, 6) is 0.285. The molecular formula is C12H18Cl2N2O2S. The lowest BCUT2D eigenvalue weighted by Crippen LogP contribution is -2.48. The van der Waals surface area contributed by atoms with E-state index < -0.39 is 10.0 Å². The number of halogens is 2. The maximum Gasteiger partial charge on any atom is 0.240 e. The zero-order valence-corrected chi connectivity index (χ0v) is 13.0. The van der Waals surface area contributed by atoms with Crippen molar-refractivity contribution in [1.29, 1.82) is 0 Å². The SMILES string of the molecule is CC1CNCCC1NS(=O)(=O)c1cccc(Cl)c1.Cl. The molecule has 1 saturated heterocycles. The Hall–Kier alpha value is -0.330. The summed E-state index contributed by atoms with van der Waals surface area (Å²) in [4.78, 5) is 0.223. The van der Waals surface area contributed by atoms with Crippen LogP contribution >= 0.6 is 24.0 Å². The van der Waals surface area contributed by atoms with E-state index in [9.17, 15) is 8.42 Å². The molecule has 1 aromatic rings. The largest absolute Gasteiger partial charge is 0.316 e. The highest BCUT2D eigenvalue weighted by molar-refractivity contribution is 7.89. The van der Waals surface area contributed by atoms with Gasteiger partial charge in [-0.2, -0.15) is 0 Å². The zero-order valence-electron chi connectivity index (χ0n) is 10.6. The second-order valence-electron chi connectivity index (χ2n) is 4.66. The minimum atomic E-state index is -3.48. The Kier molecular flexibility index (Phi) is 6.08. The Balaban J connectivity index is 0.00000180. The van der Waals surface area contributed by atoms with Crippen molar-refractivity contribution in [2.24, 2.45) is 5.92 Å². The molecule has 2 rings (SSSR count). The number of rotatable bonds is 3. The van der Waals surface area contributed by atoms with Crippen molar-refractivity contribution in [3.05, 3.63) is 29.3 Å². The molecule has 0 bridgehead atoms. The average molecular weight is 325 g/mol. The van der Waals surface area contributed by atoms with Gasteiger partial charge in [0.2, 0.25) is 10.0 Å². The van der Waals surface area contributed by atoms with E-state index >= 15 is 0 Å². The number of benzene rings is 1. The van der Waals surface area contributed by atoms with Crippen LogP contribution in [0.2, 0.25) is 5.02 Å². The molecule has 4 nitrogen and oxygen atoms in total. The summed E-state index contributed by atoms with van der Waals surface area (Å²) in [5, 5.41) is 3.67. The van der Waals surface area contributed by atoms with Gasteiger partial charge in [-0.25, -0.2) is 13.1 Å². The first-order valence-corrected chi connectivity index (χ1v) is 7.84. The minimum Gasteiger partial charge on any atom is -0.316 e. The summed E-state index contributed by atoms with van der Waals surface area (Å²) in [6.07, 6.45) is 0.807. The molecule has 1 heterocycles. The molecule has 1 aliphatic rings. The topological polar surface area (TPSA) is 58.2 Å². The van der Waals surface area contributed by atoms with E-state index in [-0.39, 0.29) is 29.3 Å². The number of nitrogens with one attached hydrogen (secondary N) is 2. The Morgan fingerprint density at radius 3 is 2.79 bits per heavy atom. The predicted molar refractivity (Wildman–Crippen MR) is 79.5 cm³/mol. The molecule has 1 aromatic carbocycles. The number of hydrogen-bond donors (Lipinski definition) is 2. The predicted octanol–water partition coefficient (Wildman–Crippen LogP) is 2.04. The maximum absolute atomic E-state index is 12.2. The van der Waals surface area contributed by atoms with E-state index in [0.717, 1.165) is 19.5 Å². The van der Waals surface area contributed by atoms with Crippen LogP contribution in [0, 0.1) is 5.92 Å². The van der Waals surface area contributed by atoms with Gasteiger partial charge in [-0.15, -0.1) is 12.4 Å². The third kappa shape index (κ3) is 4.33. The van der Waals surface area contributed by atoms with Crippen molar-refractivity contribution in [2.75, 3.05) is 13.1 Å². The quantitative estimate of drug-likeness (QED) is 0.894. The zero-order chi connectivity index (χ0) is 13.2. The molecule has 2 atom stereocenters. The van der Waals surface area contributed by atoms with Crippen LogP contribution < -0.4 is 10.0 Å². The Bertz CT molecular complexity index is 522. The highest BCUT2D eigenvalue weighted by Crippen LogP contribution is 2.18. The summed E-state index contributed by atoms with van der Waals surface area (Å²) < 4.78 is 27.2. The second-order valence-corrected chi connectivity index (χ2v) is 6.81. The van der Waals surface area contributed by atoms with Crippen LogP contribution in [0.3, 0.4) is 0 Å². The van der Waals surface area contributed by atoms with Crippen molar-refractivity contribution in [3.8, 4) is 0 Å². The standard InChI is InChI=1S/C12H17ClN2O2S.ClH/c1-9-8-14-6-5-12(9)15-18(16,17)11-4-2-3-10(13)7-11;/h2-4,7,9,12,14-15H,5-6,8H2,1H3;1H. The number of hydrogen-bond acceptors (Lipinski definition) is 3. The van der Waals surface area contributed by atoms with Crippen LogP contribution in [0.1, 0.15) is 13.3 Å². The molecule has 1 aliphatic heterocycles. The molecule has 0 spiro atoms. The van der Waals surface area contributed by atoms with E-state index in [1.165, 1.54) is 6.07 Å². The second kappa shape index (κ2) is 6.90. The fraction of sp³-hybridized carbons (Fsp3) is 0.500. The fourth-order valence-electron chi connectivity index (χ4n) is 2.09. The smallest absolute Gasteiger partial charge is 0.240 e. The van der Waals surface area contributed by atoms with E-state index in [1.807, 2.05) is 6.92 Å². The van der Waals surface area contributed by atoms with E-state index in [0.29, 0.717) is 5.02 Å². The highest BCUT2D eigenvalue weighted by Gasteiger charge is 2.26. The van der Waals surface area contributed by atoms with Crippen molar-refractivity contribution in [2.45, 2.75) is 24.3 Å². The van der Waals surface area contributed by atoms with Crippen LogP contribution in [-0.4, -0.2) is 27.5 Å². The normalized spacial score (nSPS) is 23.7. The Morgan fingerprint density at radius 2 is 2.16 bits per heavy atom. The van der Waals surface area contributed by atoms with Crippen molar-refractivity contribution < 1.29 is 8.42 Å². The van der Waals surface area contributed by atoms with Crippen molar-refractivity contribution >= 4 is 34.0 Å². The molecule has 0 saturated carbocycles. The Labute approximate surface area is 125 Å². The molecule has 2 unspecified atom stereocenters. The first-order valence-electron chi connectivity index (χ1n) is 5.97. The fourth-order valence-corrected chi connectivity index (χ4v) is 3.77. The first-order chi connectivity index (χ1) is 8.49. The van der Waals surface area contributed by atoms with Gasteiger partial charge in [0.05, 0.1) is 4.90 Å². The van der Waals surface area contributed by atoms with Gasteiger partial charge in [-0.1, -0.05) is 24.6 Å². The van der Waals surface area contributed by atoms with Gasteiger partial charge in [0, 0.05) is 11.1 Å². The minimum absolute atomic E-state index is 0. The van der Waals surface area contributed by atoms with Gasteiger partial charge < -0.3 is 5.32 Å². The number of piperidine rings is 1. The van der Waals surface area contributed by atoms with Crippen LogP contribution in [0.4, 0.5) is 0 Å². The molecule has 1 fully saturated rings. The molecule has 108 valence electrons. The maximum atomic E-state index is 12.2. The van der Waals surface area contributed by atoms with Gasteiger partial charge >= 0.3 is 0 Å². The molecule has 7 heteroatoms. The third-order valence-electron chi connectivity index (χ3n) is 3.20. The third-order valence-corrected chi connectivity index (χ3v) is 4.92. The summed E-state index contributed by atoms with van der Waals surface area (Å²) in [5.41, 5.74) is 0. The lowest BCUT2D eigenvalue weighted by atomic mass is 9.97. The van der Waals surface area contributed by atoms with Crippen LogP contribution in [0.25, 0.3) is 0 Å². The van der Waals surface area contributed by atoms with Gasteiger partial charge in [-0.05, 0) is 43.6 Å². The van der Waals surface area contributed by atoms with Gasteiger partial charge in [0.15, 0.2) is 0 Å². The summed E-state index contributed by atoms with van der Waals surface area (Å²) in [6.45, 7) is 3.72. The van der Waals surface area contributed by atoms with Crippen LogP contribution in [0.5, 0.6) is 0 Å². The van der Waals surface area contributed by atoms with Crippen LogP contribution in [-0.2, 0) is 10.0 Å². The van der Waals surface area contributed by atoms with E-state index in [1.54, 1.807) is 18.2 Å². The van der Waals surface area contributed by atoms with Gasteiger partial charge in [-0.3, -0.25) is 0 Å². The molecular weight excluding hydrogens is 307 g/mol. The monoisotopic (exact) mass is 324 g/mol. The lowest BCUT2D eigenvalue weighted by Gasteiger charge is -2.29. The van der Waals surface area contributed by atoms with E-state index in [4.69, 9.17) is 11.6 Å². The summed E-state index contributed by atoms with van der Waals surface area (Å²) in [7, 11) is -3.48. The van der Waals surface area contributed by atoms with Crippen LogP contribution in [0.15, 0.2) is 29.2 Å². The van der Waals surface area contributed by atoms with Crippen molar-refractivity contribution in [1.82, 2.24) is 10.0 Å². The lowest BCUT2D eigenvalue weighted by molar-refractivity contribution is 0.328. The molecule has 0 radical (unpaired) electrons. The van der Waals surface area contributed by atoms with E-state index in [2.05, 4.69) is 10.0 Å². The van der Waals surface area contributed by atoms with Gasteiger partial charge in [0.25, 0.3) is 0 Å². The number of sulfonamides is 1. The Morgan fingerprint density at radius 1 is 1.42 bits per heavy atom. The molecule has 0 aliphatic carbocycles. The molecule has 0 amide bonds. The first kappa shape index (κ1) is 16.7. The summed E-state index contributed by atoms with van der Waals surface area (Å²) in [6, 6.07) is 6.31. The molecule has 0 aromatic heterocycles. The molecule has 19 heavy (non-hydrogen) atoms. The highest BCUT2D eigenvalue weighted by atomic mass is 35.5. The summed E-state index contributed by atoms with van der Waals surface area (Å²) >= 11 is 5.82. The van der Waals surface area contributed by atoms with Gasteiger partial charge in [0.1, 0.15) is 0 Å².